The van der Waals surface area contributed by atoms with E-state index in [4.69, 9.17) is 13.8 Å². The molecule has 9 aromatic carbocycles. The molecule has 2 aromatic heterocycles. The third kappa shape index (κ3) is 10.2. The van der Waals surface area contributed by atoms with Gasteiger partial charge < -0.3 is 14.5 Å². The minimum atomic E-state index is -2.40. The molecule has 12 rings (SSSR count). The number of hydrogen-bond donors (Lipinski definition) is 0. The fourth-order valence-corrected chi connectivity index (χ4v) is 11.8. The van der Waals surface area contributed by atoms with Crippen LogP contribution in [0.3, 0.4) is 0 Å². The molecular weight excluding hydrogens is 997 g/mol. The Morgan fingerprint density at radius 2 is 1.02 bits per heavy atom. The van der Waals surface area contributed by atoms with E-state index in [9.17, 15) is 0 Å². The summed E-state index contributed by atoms with van der Waals surface area (Å²) in [5, 5.41) is 2.04. The first-order valence-corrected chi connectivity index (χ1v) is 28.9. The Hall–Kier alpha value is -8.67. The van der Waals surface area contributed by atoms with Crippen molar-refractivity contribution in [3.8, 4) is 61.8 Å². The van der Waals surface area contributed by atoms with E-state index in [-0.39, 0.29) is 27.2 Å². The van der Waals surface area contributed by atoms with Crippen molar-refractivity contribution >= 4 is 44.6 Å². The lowest BCUT2D eigenvalue weighted by Crippen LogP contribution is -2.25. The number of rotatable bonds is 9. The number of nitrogens with zero attached hydrogens (tertiary/aromatic N) is 4. The predicted molar refractivity (Wildman–Crippen MR) is 348 cm³/mol. The molecular formula is C77H76N4O. The summed E-state index contributed by atoms with van der Waals surface area (Å²) in [4.78, 5) is 9.94. The largest absolute Gasteiger partial charge is 0.457 e. The first-order chi connectivity index (χ1) is 40.3. The third-order valence-electron chi connectivity index (χ3n) is 16.5. The van der Waals surface area contributed by atoms with Crippen LogP contribution in [0.4, 0.5) is 22.7 Å². The van der Waals surface area contributed by atoms with E-state index < -0.39 is 6.85 Å². The lowest BCUT2D eigenvalue weighted by Gasteiger charge is -2.32. The minimum absolute atomic E-state index is 0.0379. The van der Waals surface area contributed by atoms with Gasteiger partial charge in [-0.05, 0) is 145 Å². The van der Waals surface area contributed by atoms with E-state index in [2.05, 4.69) is 255 Å². The van der Waals surface area contributed by atoms with Gasteiger partial charge in [0, 0.05) is 55.6 Å². The summed E-state index contributed by atoms with van der Waals surface area (Å²) in [6.07, 6.45) is 1.71. The molecule has 0 N–H and O–H groups in total. The molecule has 410 valence electrons. The number of benzene rings is 9. The first kappa shape index (κ1) is 50.3. The van der Waals surface area contributed by atoms with Crippen molar-refractivity contribution in [3.63, 3.8) is 0 Å². The maximum absolute atomic E-state index is 8.75. The maximum atomic E-state index is 8.75. The average Bonchev–Trinajstić information content (AvgIpc) is 1.84. The molecule has 82 heavy (non-hydrogen) atoms. The van der Waals surface area contributed by atoms with Crippen molar-refractivity contribution in [2.75, 3.05) is 16.5 Å². The quantitative estimate of drug-likeness (QED) is 0.144. The molecule has 0 amide bonds. The van der Waals surface area contributed by atoms with Crippen LogP contribution in [0, 0.1) is 6.85 Å². The van der Waals surface area contributed by atoms with Crippen molar-refractivity contribution in [1.29, 1.82) is 0 Å². The molecule has 0 aliphatic carbocycles. The van der Waals surface area contributed by atoms with Gasteiger partial charge in [0.15, 0.2) is 0 Å². The minimum Gasteiger partial charge on any atom is -0.457 e. The monoisotopic (exact) mass is 1080 g/mol. The van der Waals surface area contributed by atoms with E-state index >= 15 is 0 Å². The van der Waals surface area contributed by atoms with Gasteiger partial charge in [-0.15, -0.1) is 0 Å². The van der Waals surface area contributed by atoms with Crippen LogP contribution in [-0.4, -0.2) is 16.2 Å². The zero-order chi connectivity index (χ0) is 60.0. The number of anilines is 4. The Morgan fingerprint density at radius 3 is 1.74 bits per heavy atom. The van der Waals surface area contributed by atoms with Crippen LogP contribution in [0.25, 0.3) is 72.1 Å². The lowest BCUT2D eigenvalue weighted by molar-refractivity contribution is 0.483. The van der Waals surface area contributed by atoms with Gasteiger partial charge in [-0.1, -0.05) is 217 Å². The van der Waals surface area contributed by atoms with E-state index in [1.165, 1.54) is 50.1 Å². The highest BCUT2D eigenvalue weighted by Crippen LogP contribution is 2.53. The predicted octanol–water partition coefficient (Wildman–Crippen LogP) is 21.4. The molecule has 0 saturated heterocycles. The molecule has 0 bridgehead atoms. The van der Waals surface area contributed by atoms with Crippen molar-refractivity contribution in [1.82, 2.24) is 9.55 Å². The number of fused-ring (bicyclic) bond motifs is 4. The summed E-state index contributed by atoms with van der Waals surface area (Å²) < 4.78 is 35.2. The molecule has 1 aliphatic rings. The van der Waals surface area contributed by atoms with Gasteiger partial charge in [-0.2, -0.15) is 0 Å². The molecule has 0 fully saturated rings. The standard InChI is InChI=1S/C77H76N4O/c1-50-42-72(78-48-66(50)53-36-38-55(39-37-53)74(2,3)4)81-68-29-17-15-27-62(68)63-41-40-60(47-71(63)81)82-59-25-21-24-58(46-59)79-49-80(70-31-19-18-30-69(70)79)73-64(52-34-32-51(33-35-52)54-22-20-23-56(43-54)75(5,6)7)44-57(76(8,9)10)45-65(73)61-26-14-16-28-67(61)77(11,12)13/h14-48H,49H2,1-13H3/i1D3. The molecule has 0 spiro atoms. The Bertz CT molecular complexity index is 4330. The smallest absolute Gasteiger partial charge is 0.137 e. The fourth-order valence-electron chi connectivity index (χ4n) is 11.8. The SMILES string of the molecule is [2H]C([2H])([2H])c1cc(-n2c3ccccc3c3ccc(Oc4cccc(N5CN(c6c(-c7ccc(-c8cccc(C(C)(C)C)c8)cc7)cc(C(C)(C)C)cc6-c6ccccc6C(C)(C)C)c6ccccc65)c4)cc32)ncc1-c1ccc(C(C)(C)C)cc1. The number of para-hydroxylation sites is 3. The fraction of sp³-hybridized carbons (Fsp3) is 0.234. The number of pyridine rings is 1. The zero-order valence-electron chi connectivity index (χ0n) is 52.6. The highest BCUT2D eigenvalue weighted by molar-refractivity contribution is 6.09. The topological polar surface area (TPSA) is 33.5 Å². The lowest BCUT2D eigenvalue weighted by atomic mass is 9.78. The molecule has 5 nitrogen and oxygen atoms in total. The van der Waals surface area contributed by atoms with E-state index in [1.807, 2.05) is 42.5 Å². The molecule has 0 saturated carbocycles. The van der Waals surface area contributed by atoms with Crippen molar-refractivity contribution < 1.29 is 8.85 Å². The molecule has 11 aromatic rings. The summed E-state index contributed by atoms with van der Waals surface area (Å²) in [6.45, 7) is 25.4. The molecule has 5 heteroatoms. The Morgan fingerprint density at radius 1 is 0.415 bits per heavy atom. The average molecular weight is 1080 g/mol. The van der Waals surface area contributed by atoms with Gasteiger partial charge in [0.2, 0.25) is 0 Å². The van der Waals surface area contributed by atoms with Crippen molar-refractivity contribution in [3.05, 3.63) is 240 Å². The highest BCUT2D eigenvalue weighted by atomic mass is 16.5. The van der Waals surface area contributed by atoms with Crippen LogP contribution in [-0.2, 0) is 21.7 Å². The number of ether oxygens (including phenoxy) is 1. The second-order valence-corrected chi connectivity index (χ2v) is 26.4. The van der Waals surface area contributed by atoms with Gasteiger partial charge in [-0.3, -0.25) is 4.57 Å². The third-order valence-corrected chi connectivity index (χ3v) is 16.5. The Kier molecular flexibility index (Phi) is 12.5. The molecule has 1 aliphatic heterocycles. The van der Waals surface area contributed by atoms with Crippen LogP contribution in [0.15, 0.2) is 212 Å². The first-order valence-electron chi connectivity index (χ1n) is 30.4. The van der Waals surface area contributed by atoms with Gasteiger partial charge in [-0.25, -0.2) is 4.98 Å². The second-order valence-electron chi connectivity index (χ2n) is 26.4. The van der Waals surface area contributed by atoms with Gasteiger partial charge in [0.1, 0.15) is 24.0 Å². The highest BCUT2D eigenvalue weighted by Gasteiger charge is 2.34. The van der Waals surface area contributed by atoms with Crippen LogP contribution in [0.5, 0.6) is 11.5 Å². The molecule has 3 heterocycles. The molecule has 0 atom stereocenters. The molecule has 0 radical (unpaired) electrons. The number of hydrogen-bond acceptors (Lipinski definition) is 4. The normalized spacial score (nSPS) is 13.8. The van der Waals surface area contributed by atoms with Crippen molar-refractivity contribution in [2.45, 2.75) is 112 Å². The summed E-state index contributed by atoms with van der Waals surface area (Å²) in [7, 11) is 0. The van der Waals surface area contributed by atoms with Crippen LogP contribution < -0.4 is 14.5 Å². The zero-order valence-corrected chi connectivity index (χ0v) is 49.6. The summed E-state index contributed by atoms with van der Waals surface area (Å²) in [5.74, 6) is 1.84. The Balaban J connectivity index is 0.943. The van der Waals surface area contributed by atoms with Gasteiger partial charge >= 0.3 is 0 Å². The second kappa shape index (κ2) is 20.4. The van der Waals surface area contributed by atoms with Crippen LogP contribution in [0.2, 0.25) is 0 Å². The maximum Gasteiger partial charge on any atom is 0.137 e. The Labute approximate surface area is 490 Å². The van der Waals surface area contributed by atoms with Gasteiger partial charge in [0.05, 0.1) is 28.1 Å². The summed E-state index contributed by atoms with van der Waals surface area (Å²) in [5.41, 5.74) is 19.7. The van der Waals surface area contributed by atoms with Crippen LogP contribution >= 0.6 is 0 Å². The summed E-state index contributed by atoms with van der Waals surface area (Å²) in [6, 6.07) is 73.4. The van der Waals surface area contributed by atoms with Crippen LogP contribution in [0.1, 0.15) is 115 Å². The number of aromatic nitrogens is 2. The van der Waals surface area contributed by atoms with E-state index in [0.717, 1.165) is 55.7 Å². The van der Waals surface area contributed by atoms with E-state index in [0.29, 0.717) is 29.5 Å². The van der Waals surface area contributed by atoms with Gasteiger partial charge in [0.25, 0.3) is 0 Å². The number of aryl methyl sites for hydroxylation is 1. The van der Waals surface area contributed by atoms with E-state index in [1.54, 1.807) is 12.3 Å². The summed E-state index contributed by atoms with van der Waals surface area (Å²) >= 11 is 0. The molecule has 0 unspecified atom stereocenters. The van der Waals surface area contributed by atoms with Crippen molar-refractivity contribution in [2.24, 2.45) is 0 Å².